The number of para-hydroxylation sites is 1. The lowest BCUT2D eigenvalue weighted by Crippen LogP contribution is -2.41. The first-order chi connectivity index (χ1) is 8.74. The smallest absolute Gasteiger partial charge is 0.0340 e. The van der Waals surface area contributed by atoms with Crippen LogP contribution in [-0.2, 0) is 0 Å². The van der Waals surface area contributed by atoms with E-state index in [1.165, 1.54) is 31.7 Å². The molecule has 1 heterocycles. The molecule has 2 unspecified atom stereocenters. The molecule has 100 valence electrons. The number of hydrogen-bond acceptors (Lipinski definition) is 3. The standard InChI is InChI=1S/C15H24N2S/c1-13-11-17(12-14(2)18-13)10-6-9-16-15-7-4-3-5-8-15/h3-5,7-8,13-14,16H,6,9-12H2,1-2H3. The number of anilines is 1. The van der Waals surface area contributed by atoms with Gasteiger partial charge in [-0.05, 0) is 25.1 Å². The summed E-state index contributed by atoms with van der Waals surface area (Å²) in [5, 5.41) is 5.05. The number of nitrogens with zero attached hydrogens (tertiary/aromatic N) is 1. The number of thioether (sulfide) groups is 1. The molecule has 1 saturated heterocycles. The van der Waals surface area contributed by atoms with Gasteiger partial charge in [-0.15, -0.1) is 0 Å². The Morgan fingerprint density at radius 1 is 1.17 bits per heavy atom. The minimum atomic E-state index is 0.788. The SMILES string of the molecule is CC1CN(CCCNc2ccccc2)CC(C)S1. The summed E-state index contributed by atoms with van der Waals surface area (Å²) in [5.74, 6) is 0. The zero-order valence-corrected chi connectivity index (χ0v) is 12.2. The highest BCUT2D eigenvalue weighted by molar-refractivity contribution is 8.00. The summed E-state index contributed by atoms with van der Waals surface area (Å²) in [5.41, 5.74) is 1.23. The quantitative estimate of drug-likeness (QED) is 0.821. The van der Waals surface area contributed by atoms with E-state index >= 15 is 0 Å². The van der Waals surface area contributed by atoms with Gasteiger partial charge in [0.15, 0.2) is 0 Å². The fraction of sp³-hybridized carbons (Fsp3) is 0.600. The maximum absolute atomic E-state index is 3.47. The van der Waals surface area contributed by atoms with E-state index in [0.29, 0.717) is 0 Å². The first kappa shape index (κ1) is 13.8. The van der Waals surface area contributed by atoms with E-state index in [-0.39, 0.29) is 0 Å². The first-order valence-corrected chi connectivity index (χ1v) is 7.85. The van der Waals surface area contributed by atoms with Gasteiger partial charge in [-0.3, -0.25) is 0 Å². The lowest BCUT2D eigenvalue weighted by atomic mass is 10.3. The summed E-state index contributed by atoms with van der Waals surface area (Å²) < 4.78 is 0. The van der Waals surface area contributed by atoms with Crippen molar-refractivity contribution in [2.45, 2.75) is 30.8 Å². The van der Waals surface area contributed by atoms with Gasteiger partial charge in [0.1, 0.15) is 0 Å². The predicted octanol–water partition coefficient (Wildman–Crippen LogP) is 3.31. The zero-order valence-electron chi connectivity index (χ0n) is 11.4. The van der Waals surface area contributed by atoms with Gasteiger partial charge < -0.3 is 10.2 Å². The van der Waals surface area contributed by atoms with Crippen molar-refractivity contribution in [1.82, 2.24) is 4.90 Å². The molecule has 0 amide bonds. The Morgan fingerprint density at radius 2 is 1.83 bits per heavy atom. The largest absolute Gasteiger partial charge is 0.385 e. The van der Waals surface area contributed by atoms with E-state index in [0.717, 1.165) is 17.0 Å². The van der Waals surface area contributed by atoms with Crippen molar-refractivity contribution in [2.75, 3.05) is 31.5 Å². The highest BCUT2D eigenvalue weighted by Crippen LogP contribution is 2.24. The molecule has 1 fully saturated rings. The Morgan fingerprint density at radius 3 is 2.50 bits per heavy atom. The zero-order chi connectivity index (χ0) is 12.8. The van der Waals surface area contributed by atoms with Crippen molar-refractivity contribution in [2.24, 2.45) is 0 Å². The molecule has 0 aliphatic carbocycles. The van der Waals surface area contributed by atoms with Crippen LogP contribution in [0.1, 0.15) is 20.3 Å². The van der Waals surface area contributed by atoms with E-state index in [1.807, 2.05) is 0 Å². The second kappa shape index (κ2) is 7.05. The van der Waals surface area contributed by atoms with Crippen molar-refractivity contribution in [3.63, 3.8) is 0 Å². The molecule has 0 aromatic heterocycles. The molecule has 18 heavy (non-hydrogen) atoms. The van der Waals surface area contributed by atoms with Crippen LogP contribution >= 0.6 is 11.8 Å². The lowest BCUT2D eigenvalue weighted by Gasteiger charge is -2.34. The molecular formula is C15H24N2S. The second-order valence-electron chi connectivity index (χ2n) is 5.16. The van der Waals surface area contributed by atoms with Crippen molar-refractivity contribution in [3.05, 3.63) is 30.3 Å². The van der Waals surface area contributed by atoms with Crippen LogP contribution in [0.5, 0.6) is 0 Å². The van der Waals surface area contributed by atoms with Gasteiger partial charge in [0.25, 0.3) is 0 Å². The molecule has 2 atom stereocenters. The summed E-state index contributed by atoms with van der Waals surface area (Å²) >= 11 is 2.12. The molecule has 2 nitrogen and oxygen atoms in total. The Kier molecular flexibility index (Phi) is 5.39. The van der Waals surface area contributed by atoms with Crippen LogP contribution in [0.3, 0.4) is 0 Å². The molecule has 3 heteroatoms. The van der Waals surface area contributed by atoms with Crippen molar-refractivity contribution < 1.29 is 0 Å². The van der Waals surface area contributed by atoms with Crippen LogP contribution in [0.2, 0.25) is 0 Å². The molecule has 2 rings (SSSR count). The van der Waals surface area contributed by atoms with Gasteiger partial charge >= 0.3 is 0 Å². The monoisotopic (exact) mass is 264 g/mol. The third-order valence-corrected chi connectivity index (χ3v) is 4.48. The van der Waals surface area contributed by atoms with Crippen molar-refractivity contribution in [3.8, 4) is 0 Å². The van der Waals surface area contributed by atoms with Crippen LogP contribution in [0.4, 0.5) is 5.69 Å². The van der Waals surface area contributed by atoms with Crippen LogP contribution in [0.15, 0.2) is 30.3 Å². The predicted molar refractivity (Wildman–Crippen MR) is 82.5 cm³/mol. The lowest BCUT2D eigenvalue weighted by molar-refractivity contribution is 0.270. The van der Waals surface area contributed by atoms with E-state index < -0.39 is 0 Å². The normalized spacial score (nSPS) is 25.0. The average Bonchev–Trinajstić information content (AvgIpc) is 2.35. The van der Waals surface area contributed by atoms with Gasteiger partial charge in [0.05, 0.1) is 0 Å². The van der Waals surface area contributed by atoms with E-state index in [9.17, 15) is 0 Å². The number of benzene rings is 1. The maximum atomic E-state index is 3.47. The number of hydrogen-bond donors (Lipinski definition) is 1. The molecule has 1 aliphatic rings. The van der Waals surface area contributed by atoms with E-state index in [4.69, 9.17) is 0 Å². The molecule has 0 spiro atoms. The molecular weight excluding hydrogens is 240 g/mol. The number of rotatable bonds is 5. The summed E-state index contributed by atoms with van der Waals surface area (Å²) in [7, 11) is 0. The first-order valence-electron chi connectivity index (χ1n) is 6.91. The van der Waals surface area contributed by atoms with Crippen molar-refractivity contribution >= 4 is 17.4 Å². The summed E-state index contributed by atoms with van der Waals surface area (Å²) in [6.45, 7) is 9.47. The van der Waals surface area contributed by atoms with Crippen LogP contribution in [0, 0.1) is 0 Å². The van der Waals surface area contributed by atoms with Gasteiger partial charge in [0.2, 0.25) is 0 Å². The molecule has 1 aromatic carbocycles. The number of nitrogens with one attached hydrogen (secondary N) is 1. The maximum Gasteiger partial charge on any atom is 0.0340 e. The third-order valence-electron chi connectivity index (χ3n) is 3.25. The van der Waals surface area contributed by atoms with Gasteiger partial charge in [0, 0.05) is 35.8 Å². The Bertz CT molecular complexity index is 332. The molecule has 0 saturated carbocycles. The molecule has 0 radical (unpaired) electrons. The molecule has 1 aliphatic heterocycles. The molecule has 1 aromatic rings. The average molecular weight is 264 g/mol. The Hall–Kier alpha value is -0.670. The van der Waals surface area contributed by atoms with E-state index in [1.54, 1.807) is 0 Å². The minimum Gasteiger partial charge on any atom is -0.385 e. The van der Waals surface area contributed by atoms with Gasteiger partial charge in [-0.1, -0.05) is 32.0 Å². The summed E-state index contributed by atoms with van der Waals surface area (Å²) in [4.78, 5) is 2.61. The minimum absolute atomic E-state index is 0.788. The Balaban J connectivity index is 1.63. The van der Waals surface area contributed by atoms with Gasteiger partial charge in [-0.25, -0.2) is 0 Å². The topological polar surface area (TPSA) is 15.3 Å². The van der Waals surface area contributed by atoms with Crippen LogP contribution in [0.25, 0.3) is 0 Å². The highest BCUT2D eigenvalue weighted by Gasteiger charge is 2.21. The summed E-state index contributed by atoms with van der Waals surface area (Å²) in [6, 6.07) is 10.5. The molecule has 0 bridgehead atoms. The van der Waals surface area contributed by atoms with Crippen LogP contribution < -0.4 is 5.32 Å². The fourth-order valence-corrected chi connectivity index (χ4v) is 3.95. The highest BCUT2D eigenvalue weighted by atomic mass is 32.2. The molecule has 1 N–H and O–H groups in total. The van der Waals surface area contributed by atoms with Gasteiger partial charge in [-0.2, -0.15) is 11.8 Å². The van der Waals surface area contributed by atoms with Crippen LogP contribution in [-0.4, -0.2) is 41.6 Å². The van der Waals surface area contributed by atoms with E-state index in [2.05, 4.69) is 66.2 Å². The van der Waals surface area contributed by atoms with Crippen molar-refractivity contribution in [1.29, 1.82) is 0 Å². The fourth-order valence-electron chi connectivity index (χ4n) is 2.56. The summed E-state index contributed by atoms with van der Waals surface area (Å²) in [6.07, 6.45) is 1.22. The Labute approximate surface area is 115 Å². The third kappa shape index (κ3) is 4.54. The second-order valence-corrected chi connectivity index (χ2v) is 7.04.